The van der Waals surface area contributed by atoms with E-state index in [-0.39, 0.29) is 0 Å². The molecule has 0 aliphatic carbocycles. The standard InChI is InChI=1S/C16H15NO3.C2H6/c1-9-3-6-13-12(7-9)11-5-4-10(8-14(11)17-13)16(2,20)15(18)19;1-2/h3-8,17,20H,1-2H3,(H,18,19);1-2H3. The SMILES string of the molecule is CC.Cc1ccc2[nH]c3cc(C(C)(O)C(=O)O)ccc3c2c1. The van der Waals surface area contributed by atoms with Crippen molar-refractivity contribution in [3.05, 3.63) is 47.5 Å². The van der Waals surface area contributed by atoms with Crippen LogP contribution in [0.5, 0.6) is 0 Å². The first-order valence-corrected chi connectivity index (χ1v) is 7.38. The number of aliphatic carboxylic acids is 1. The summed E-state index contributed by atoms with van der Waals surface area (Å²) in [6, 6.07) is 11.3. The Bertz CT molecular complexity index is 831. The van der Waals surface area contributed by atoms with Crippen LogP contribution in [0, 0.1) is 6.92 Å². The predicted octanol–water partition coefficient (Wildman–Crippen LogP) is 3.95. The molecule has 1 atom stereocenters. The second-order valence-electron chi connectivity index (χ2n) is 5.31. The van der Waals surface area contributed by atoms with Gasteiger partial charge in [-0.15, -0.1) is 0 Å². The summed E-state index contributed by atoms with van der Waals surface area (Å²) in [7, 11) is 0. The van der Waals surface area contributed by atoms with E-state index in [4.69, 9.17) is 5.11 Å². The molecular weight excluding hydrogens is 278 g/mol. The van der Waals surface area contributed by atoms with Crippen molar-refractivity contribution in [2.75, 3.05) is 0 Å². The highest BCUT2D eigenvalue weighted by Crippen LogP contribution is 2.30. The molecule has 1 heterocycles. The van der Waals surface area contributed by atoms with Gasteiger partial charge in [-0.3, -0.25) is 0 Å². The third-order valence-electron chi connectivity index (χ3n) is 3.73. The molecule has 0 aliphatic heterocycles. The number of aromatic nitrogens is 1. The lowest BCUT2D eigenvalue weighted by Crippen LogP contribution is -2.31. The molecular formula is C18H21NO3. The van der Waals surface area contributed by atoms with Crippen molar-refractivity contribution in [1.29, 1.82) is 0 Å². The Morgan fingerprint density at radius 1 is 1.05 bits per heavy atom. The van der Waals surface area contributed by atoms with Crippen LogP contribution >= 0.6 is 0 Å². The fourth-order valence-corrected chi connectivity index (χ4v) is 2.44. The first-order valence-electron chi connectivity index (χ1n) is 7.38. The highest BCUT2D eigenvalue weighted by atomic mass is 16.4. The van der Waals surface area contributed by atoms with Gasteiger partial charge in [0.15, 0.2) is 5.60 Å². The number of fused-ring (bicyclic) bond motifs is 3. The van der Waals surface area contributed by atoms with E-state index in [0.29, 0.717) is 5.56 Å². The summed E-state index contributed by atoms with van der Waals surface area (Å²) in [6.07, 6.45) is 0. The summed E-state index contributed by atoms with van der Waals surface area (Å²) >= 11 is 0. The second kappa shape index (κ2) is 5.81. The van der Waals surface area contributed by atoms with Gasteiger partial charge in [0, 0.05) is 21.8 Å². The molecule has 0 saturated heterocycles. The minimum Gasteiger partial charge on any atom is -0.479 e. The van der Waals surface area contributed by atoms with Crippen LogP contribution < -0.4 is 0 Å². The van der Waals surface area contributed by atoms with Gasteiger partial charge in [0.2, 0.25) is 0 Å². The summed E-state index contributed by atoms with van der Waals surface area (Å²) in [5.74, 6) is -1.26. The Balaban J connectivity index is 0.000000847. The lowest BCUT2D eigenvalue weighted by molar-refractivity contribution is -0.157. The first kappa shape index (κ1) is 16.0. The summed E-state index contributed by atoms with van der Waals surface area (Å²) in [5.41, 5.74) is 1.46. The zero-order chi connectivity index (χ0) is 16.5. The summed E-state index contributed by atoms with van der Waals surface area (Å²) < 4.78 is 0. The molecule has 116 valence electrons. The quantitative estimate of drug-likeness (QED) is 0.671. The zero-order valence-electron chi connectivity index (χ0n) is 13.3. The van der Waals surface area contributed by atoms with Crippen molar-refractivity contribution in [3.8, 4) is 0 Å². The van der Waals surface area contributed by atoms with E-state index in [1.165, 1.54) is 12.5 Å². The van der Waals surface area contributed by atoms with Crippen LogP contribution in [0.4, 0.5) is 0 Å². The Morgan fingerprint density at radius 2 is 1.73 bits per heavy atom. The van der Waals surface area contributed by atoms with Gasteiger partial charge < -0.3 is 15.2 Å². The molecule has 0 spiro atoms. The fraction of sp³-hybridized carbons (Fsp3) is 0.278. The van der Waals surface area contributed by atoms with E-state index in [2.05, 4.69) is 11.1 Å². The third kappa shape index (κ3) is 2.57. The van der Waals surface area contributed by atoms with Crippen LogP contribution in [0.15, 0.2) is 36.4 Å². The van der Waals surface area contributed by atoms with Crippen LogP contribution in [-0.4, -0.2) is 21.2 Å². The molecule has 4 heteroatoms. The number of carboxylic acid groups (broad SMARTS) is 1. The Labute approximate surface area is 129 Å². The summed E-state index contributed by atoms with van der Waals surface area (Å²) in [4.78, 5) is 14.4. The topological polar surface area (TPSA) is 73.3 Å². The number of rotatable bonds is 2. The smallest absolute Gasteiger partial charge is 0.340 e. The van der Waals surface area contributed by atoms with Crippen LogP contribution in [0.25, 0.3) is 21.8 Å². The molecule has 3 aromatic rings. The van der Waals surface area contributed by atoms with Gasteiger partial charge in [-0.1, -0.05) is 37.6 Å². The molecule has 1 aromatic heterocycles. The lowest BCUT2D eigenvalue weighted by Gasteiger charge is -2.18. The van der Waals surface area contributed by atoms with Crippen LogP contribution in [-0.2, 0) is 10.4 Å². The van der Waals surface area contributed by atoms with Crippen molar-refractivity contribution in [2.45, 2.75) is 33.3 Å². The number of benzene rings is 2. The third-order valence-corrected chi connectivity index (χ3v) is 3.73. The largest absolute Gasteiger partial charge is 0.479 e. The maximum absolute atomic E-state index is 11.1. The molecule has 0 amide bonds. The molecule has 0 saturated carbocycles. The molecule has 2 aromatic carbocycles. The molecule has 0 radical (unpaired) electrons. The zero-order valence-corrected chi connectivity index (χ0v) is 13.3. The first-order chi connectivity index (χ1) is 10.4. The van der Waals surface area contributed by atoms with Crippen molar-refractivity contribution >= 4 is 27.8 Å². The maximum atomic E-state index is 11.1. The van der Waals surface area contributed by atoms with Crippen molar-refractivity contribution in [2.24, 2.45) is 0 Å². The Hall–Kier alpha value is -2.33. The highest BCUT2D eigenvalue weighted by Gasteiger charge is 2.32. The highest BCUT2D eigenvalue weighted by molar-refractivity contribution is 6.07. The van der Waals surface area contributed by atoms with Crippen LogP contribution in [0.2, 0.25) is 0 Å². The van der Waals surface area contributed by atoms with E-state index < -0.39 is 11.6 Å². The minimum atomic E-state index is -1.89. The number of carbonyl (C=O) groups is 1. The minimum absolute atomic E-state index is 0.362. The van der Waals surface area contributed by atoms with E-state index >= 15 is 0 Å². The van der Waals surface area contributed by atoms with Gasteiger partial charge >= 0.3 is 5.97 Å². The van der Waals surface area contributed by atoms with Crippen molar-refractivity contribution < 1.29 is 15.0 Å². The fourth-order valence-electron chi connectivity index (χ4n) is 2.44. The molecule has 3 rings (SSSR count). The number of hydrogen-bond donors (Lipinski definition) is 3. The van der Waals surface area contributed by atoms with Gasteiger partial charge in [-0.2, -0.15) is 0 Å². The number of aliphatic hydroxyl groups is 1. The monoisotopic (exact) mass is 299 g/mol. The van der Waals surface area contributed by atoms with Crippen LogP contribution in [0.3, 0.4) is 0 Å². The van der Waals surface area contributed by atoms with Gasteiger partial charge in [0.1, 0.15) is 0 Å². The summed E-state index contributed by atoms with van der Waals surface area (Å²) in [6.45, 7) is 7.31. The van der Waals surface area contributed by atoms with Crippen molar-refractivity contribution in [1.82, 2.24) is 4.98 Å². The normalized spacial score (nSPS) is 13.5. The van der Waals surface area contributed by atoms with E-state index in [1.807, 2.05) is 39.0 Å². The average molecular weight is 299 g/mol. The number of carboxylic acids is 1. The van der Waals surface area contributed by atoms with E-state index in [9.17, 15) is 9.90 Å². The average Bonchev–Trinajstić information content (AvgIpc) is 2.86. The van der Waals surface area contributed by atoms with E-state index in [0.717, 1.165) is 21.8 Å². The molecule has 4 nitrogen and oxygen atoms in total. The molecule has 0 aliphatic rings. The summed E-state index contributed by atoms with van der Waals surface area (Å²) in [5, 5.41) is 21.2. The van der Waals surface area contributed by atoms with E-state index in [1.54, 1.807) is 12.1 Å². The Morgan fingerprint density at radius 3 is 2.36 bits per heavy atom. The number of hydrogen-bond acceptors (Lipinski definition) is 2. The molecule has 1 unspecified atom stereocenters. The molecule has 3 N–H and O–H groups in total. The number of aryl methyl sites for hydroxylation is 1. The van der Waals surface area contributed by atoms with Crippen LogP contribution in [0.1, 0.15) is 31.9 Å². The number of aromatic amines is 1. The molecule has 22 heavy (non-hydrogen) atoms. The van der Waals surface area contributed by atoms with Crippen molar-refractivity contribution in [3.63, 3.8) is 0 Å². The van der Waals surface area contributed by atoms with Gasteiger partial charge in [0.25, 0.3) is 0 Å². The number of H-pyrrole nitrogens is 1. The maximum Gasteiger partial charge on any atom is 0.340 e. The van der Waals surface area contributed by atoms with Gasteiger partial charge in [-0.25, -0.2) is 4.79 Å². The Kier molecular flexibility index (Phi) is 4.24. The second-order valence-corrected chi connectivity index (χ2v) is 5.31. The molecule has 0 fully saturated rings. The number of nitrogens with one attached hydrogen (secondary N) is 1. The molecule has 0 bridgehead atoms. The predicted molar refractivity (Wildman–Crippen MR) is 89.1 cm³/mol. The van der Waals surface area contributed by atoms with Gasteiger partial charge in [0.05, 0.1) is 0 Å². The van der Waals surface area contributed by atoms with Gasteiger partial charge in [-0.05, 0) is 37.6 Å². The lowest BCUT2D eigenvalue weighted by atomic mass is 9.95.